The van der Waals surface area contributed by atoms with E-state index in [1.54, 1.807) is 0 Å². The highest BCUT2D eigenvalue weighted by Gasteiger charge is 2.17. The summed E-state index contributed by atoms with van der Waals surface area (Å²) in [5.41, 5.74) is 6.95. The molecule has 2 N–H and O–H groups in total. The molecule has 1 aromatic rings. The van der Waals surface area contributed by atoms with Crippen molar-refractivity contribution in [2.24, 2.45) is 5.73 Å². The maximum Gasteiger partial charge on any atom is 0.128 e. The van der Waals surface area contributed by atoms with Crippen molar-refractivity contribution in [1.29, 1.82) is 0 Å². The number of hydrogen-bond acceptors (Lipinski definition) is 5. The monoisotopic (exact) mass is 277 g/mol. The minimum absolute atomic E-state index is 0.0550. The summed E-state index contributed by atoms with van der Waals surface area (Å²) in [5, 5.41) is 0. The van der Waals surface area contributed by atoms with E-state index in [1.807, 2.05) is 13.1 Å². The quantitative estimate of drug-likeness (QED) is 0.862. The summed E-state index contributed by atoms with van der Waals surface area (Å²) in [5.74, 6) is 1.07. The number of nitrogens with two attached hydrogens (primary N) is 1. The Kier molecular flexibility index (Phi) is 5.34. The van der Waals surface area contributed by atoms with Crippen LogP contribution in [0.15, 0.2) is 18.3 Å². The van der Waals surface area contributed by atoms with Crippen molar-refractivity contribution in [2.75, 3.05) is 58.3 Å². The van der Waals surface area contributed by atoms with Crippen LogP contribution in [-0.4, -0.2) is 68.1 Å². The average Bonchev–Trinajstić information content (AvgIpc) is 2.46. The van der Waals surface area contributed by atoms with Gasteiger partial charge in [-0.2, -0.15) is 0 Å². The van der Waals surface area contributed by atoms with E-state index in [-0.39, 0.29) is 6.04 Å². The van der Waals surface area contributed by atoms with Gasteiger partial charge < -0.3 is 15.5 Å². The molecule has 20 heavy (non-hydrogen) atoms. The van der Waals surface area contributed by atoms with Crippen LogP contribution in [0.5, 0.6) is 0 Å². The van der Waals surface area contributed by atoms with E-state index < -0.39 is 0 Å². The number of hydrogen-bond donors (Lipinski definition) is 1. The molecule has 5 heteroatoms. The third-order valence-corrected chi connectivity index (χ3v) is 3.86. The lowest BCUT2D eigenvalue weighted by atomic mass is 10.1. The second kappa shape index (κ2) is 7.02. The van der Waals surface area contributed by atoms with E-state index in [0.29, 0.717) is 0 Å². The summed E-state index contributed by atoms with van der Waals surface area (Å²) in [7, 11) is 4.25. The minimum Gasteiger partial charge on any atom is -0.354 e. The minimum atomic E-state index is 0.0550. The summed E-state index contributed by atoms with van der Waals surface area (Å²) < 4.78 is 0. The number of pyridine rings is 1. The molecular weight excluding hydrogens is 250 g/mol. The zero-order chi connectivity index (χ0) is 14.5. The third kappa shape index (κ3) is 4.16. The van der Waals surface area contributed by atoms with Crippen LogP contribution in [0.2, 0.25) is 0 Å². The van der Waals surface area contributed by atoms with Crippen LogP contribution in [0.4, 0.5) is 5.82 Å². The third-order valence-electron chi connectivity index (χ3n) is 3.86. The molecule has 1 saturated heterocycles. The van der Waals surface area contributed by atoms with Gasteiger partial charge in [0.15, 0.2) is 0 Å². The predicted octanol–water partition coefficient (Wildman–Crippen LogP) is 0.785. The van der Waals surface area contributed by atoms with Crippen LogP contribution >= 0.6 is 0 Å². The van der Waals surface area contributed by atoms with Crippen molar-refractivity contribution in [3.05, 3.63) is 23.9 Å². The number of piperazine rings is 1. The van der Waals surface area contributed by atoms with Gasteiger partial charge in [0.1, 0.15) is 5.82 Å². The van der Waals surface area contributed by atoms with Gasteiger partial charge in [-0.05, 0) is 32.6 Å². The second-order valence-corrected chi connectivity index (χ2v) is 5.87. The molecule has 5 nitrogen and oxygen atoms in total. The lowest BCUT2D eigenvalue weighted by molar-refractivity contribution is 0.229. The molecule has 0 amide bonds. The molecule has 2 rings (SSSR count). The fraction of sp³-hybridized carbons (Fsp3) is 0.667. The maximum absolute atomic E-state index is 5.85. The van der Waals surface area contributed by atoms with E-state index in [1.165, 1.54) is 0 Å². The lowest BCUT2D eigenvalue weighted by Gasteiger charge is -2.35. The van der Waals surface area contributed by atoms with E-state index in [4.69, 9.17) is 5.73 Å². The molecule has 0 unspecified atom stereocenters. The topological polar surface area (TPSA) is 48.6 Å². The van der Waals surface area contributed by atoms with Crippen molar-refractivity contribution in [3.8, 4) is 0 Å². The fourth-order valence-corrected chi connectivity index (χ4v) is 2.40. The molecule has 1 atom stereocenters. The fourth-order valence-electron chi connectivity index (χ4n) is 2.40. The Morgan fingerprint density at radius 3 is 2.45 bits per heavy atom. The van der Waals surface area contributed by atoms with E-state index in [9.17, 15) is 0 Å². The van der Waals surface area contributed by atoms with E-state index >= 15 is 0 Å². The molecule has 1 fully saturated rings. The molecule has 2 heterocycles. The van der Waals surface area contributed by atoms with Crippen molar-refractivity contribution < 1.29 is 0 Å². The molecule has 0 aliphatic carbocycles. The van der Waals surface area contributed by atoms with Crippen molar-refractivity contribution in [1.82, 2.24) is 14.8 Å². The Hall–Kier alpha value is -1.17. The number of likely N-dealkylation sites (N-methyl/N-ethyl adjacent to an activating group) is 1. The standard InChI is InChI=1S/C15H27N5/c1-13(16)14-4-5-15(17-12-14)20-10-8-19(9-11-20)7-6-18(2)3/h4-5,12-13H,6-11,16H2,1-3H3/t13-/m1/s1. The summed E-state index contributed by atoms with van der Waals surface area (Å²) >= 11 is 0. The summed E-state index contributed by atoms with van der Waals surface area (Å²) in [4.78, 5) is 11.7. The van der Waals surface area contributed by atoms with Gasteiger partial charge >= 0.3 is 0 Å². The zero-order valence-electron chi connectivity index (χ0n) is 12.9. The van der Waals surface area contributed by atoms with Crippen LogP contribution in [0, 0.1) is 0 Å². The van der Waals surface area contributed by atoms with E-state index in [0.717, 1.165) is 50.6 Å². The Morgan fingerprint density at radius 1 is 1.25 bits per heavy atom. The first kappa shape index (κ1) is 15.2. The first-order chi connectivity index (χ1) is 9.56. The van der Waals surface area contributed by atoms with Crippen LogP contribution < -0.4 is 10.6 Å². The van der Waals surface area contributed by atoms with Crippen LogP contribution in [0.1, 0.15) is 18.5 Å². The molecule has 0 spiro atoms. The van der Waals surface area contributed by atoms with E-state index in [2.05, 4.69) is 45.9 Å². The smallest absolute Gasteiger partial charge is 0.128 e. The SMILES string of the molecule is C[C@@H](N)c1ccc(N2CCN(CCN(C)C)CC2)nc1. The largest absolute Gasteiger partial charge is 0.354 e. The zero-order valence-corrected chi connectivity index (χ0v) is 12.9. The van der Waals surface area contributed by atoms with Crippen LogP contribution in [0.3, 0.4) is 0 Å². The summed E-state index contributed by atoms with van der Waals surface area (Å²) in [6.07, 6.45) is 1.90. The van der Waals surface area contributed by atoms with Gasteiger partial charge in [-0.25, -0.2) is 4.98 Å². The van der Waals surface area contributed by atoms with Gasteiger partial charge in [0.25, 0.3) is 0 Å². The predicted molar refractivity (Wildman–Crippen MR) is 84.0 cm³/mol. The summed E-state index contributed by atoms with van der Waals surface area (Å²) in [6, 6.07) is 4.24. The van der Waals surface area contributed by atoms with Crippen molar-refractivity contribution >= 4 is 5.82 Å². The van der Waals surface area contributed by atoms with Gasteiger partial charge in [0.05, 0.1) is 0 Å². The lowest BCUT2D eigenvalue weighted by Crippen LogP contribution is -2.48. The van der Waals surface area contributed by atoms with Gasteiger partial charge in [0.2, 0.25) is 0 Å². The normalized spacial score (nSPS) is 18.6. The molecule has 112 valence electrons. The van der Waals surface area contributed by atoms with Crippen molar-refractivity contribution in [3.63, 3.8) is 0 Å². The van der Waals surface area contributed by atoms with Crippen LogP contribution in [-0.2, 0) is 0 Å². The van der Waals surface area contributed by atoms with Gasteiger partial charge in [-0.15, -0.1) is 0 Å². The number of nitrogens with zero attached hydrogens (tertiary/aromatic N) is 4. The molecule has 1 aromatic heterocycles. The molecule has 1 aliphatic heterocycles. The number of anilines is 1. The Labute approximate surface area is 122 Å². The first-order valence-corrected chi connectivity index (χ1v) is 7.40. The maximum atomic E-state index is 5.85. The highest BCUT2D eigenvalue weighted by molar-refractivity contribution is 5.40. The highest BCUT2D eigenvalue weighted by Crippen LogP contribution is 2.16. The van der Waals surface area contributed by atoms with Gasteiger partial charge in [0, 0.05) is 51.5 Å². The number of aromatic nitrogens is 1. The molecular formula is C15H27N5. The molecule has 0 radical (unpaired) electrons. The van der Waals surface area contributed by atoms with Crippen molar-refractivity contribution in [2.45, 2.75) is 13.0 Å². The Morgan fingerprint density at radius 2 is 1.95 bits per heavy atom. The number of rotatable bonds is 5. The van der Waals surface area contributed by atoms with Crippen LogP contribution in [0.25, 0.3) is 0 Å². The Balaban J connectivity index is 1.84. The second-order valence-electron chi connectivity index (χ2n) is 5.87. The molecule has 0 aromatic carbocycles. The van der Waals surface area contributed by atoms with Gasteiger partial charge in [-0.3, -0.25) is 4.90 Å². The highest BCUT2D eigenvalue weighted by atomic mass is 15.3. The molecule has 0 bridgehead atoms. The molecule has 0 saturated carbocycles. The summed E-state index contributed by atoms with van der Waals surface area (Å²) in [6.45, 7) is 8.60. The molecule has 1 aliphatic rings. The average molecular weight is 277 g/mol. The Bertz CT molecular complexity index is 393. The van der Waals surface area contributed by atoms with Gasteiger partial charge in [-0.1, -0.05) is 6.07 Å². The first-order valence-electron chi connectivity index (χ1n) is 7.40.